The second-order valence-corrected chi connectivity index (χ2v) is 5.58. The predicted molar refractivity (Wildman–Crippen MR) is 85.4 cm³/mol. The molecule has 1 N–H and O–H groups in total. The number of benzene rings is 2. The smallest absolute Gasteiger partial charge is 0.104 e. The van der Waals surface area contributed by atoms with Crippen molar-refractivity contribution in [3.8, 4) is 0 Å². The molecule has 0 saturated carbocycles. The van der Waals surface area contributed by atoms with Crippen LogP contribution < -0.4 is 0 Å². The molecule has 0 heterocycles. The van der Waals surface area contributed by atoms with Crippen molar-refractivity contribution in [3.63, 3.8) is 0 Å². The van der Waals surface area contributed by atoms with Crippen LogP contribution in [-0.2, 0) is 12.8 Å². The van der Waals surface area contributed by atoms with Gasteiger partial charge in [0.2, 0.25) is 0 Å². The van der Waals surface area contributed by atoms with Crippen LogP contribution in [0.4, 0.5) is 0 Å². The Hall–Kier alpha value is -1.31. The lowest BCUT2D eigenvalue weighted by Gasteiger charge is -2.17. The van der Waals surface area contributed by atoms with Crippen LogP contribution in [0.1, 0.15) is 47.8 Å². The maximum absolute atomic E-state index is 10.6. The summed E-state index contributed by atoms with van der Waals surface area (Å²) >= 11 is 5.97. The van der Waals surface area contributed by atoms with E-state index < -0.39 is 6.10 Å². The van der Waals surface area contributed by atoms with Crippen molar-refractivity contribution in [1.29, 1.82) is 0 Å². The molecule has 0 aliphatic carbocycles. The normalized spacial score (nSPS) is 12.4. The molecule has 2 rings (SSSR count). The fourth-order valence-corrected chi connectivity index (χ4v) is 2.84. The van der Waals surface area contributed by atoms with Crippen LogP contribution in [0.15, 0.2) is 36.4 Å². The minimum Gasteiger partial charge on any atom is -0.384 e. The zero-order valence-corrected chi connectivity index (χ0v) is 13.0. The Morgan fingerprint density at radius 3 is 2.30 bits per heavy atom. The number of aliphatic hydroxyl groups is 1. The largest absolute Gasteiger partial charge is 0.384 e. The van der Waals surface area contributed by atoms with E-state index in [-0.39, 0.29) is 0 Å². The minimum absolute atomic E-state index is 0.594. The molecule has 0 aliphatic rings. The summed E-state index contributed by atoms with van der Waals surface area (Å²) in [6.07, 6.45) is 1.42. The van der Waals surface area contributed by atoms with Crippen LogP contribution in [-0.4, -0.2) is 5.11 Å². The molecule has 1 nitrogen and oxygen atoms in total. The highest BCUT2D eigenvalue weighted by Gasteiger charge is 2.14. The van der Waals surface area contributed by atoms with Gasteiger partial charge in [-0.25, -0.2) is 0 Å². The van der Waals surface area contributed by atoms with Gasteiger partial charge in [0.05, 0.1) is 0 Å². The molecular formula is C18H21ClO. The zero-order valence-electron chi connectivity index (χ0n) is 12.3. The second-order valence-electron chi connectivity index (χ2n) is 5.14. The first-order valence-corrected chi connectivity index (χ1v) is 7.50. The standard InChI is InChI=1S/C18H21ClO/c1-4-13-6-7-15(11-14(13)5-2)18(20)17-9-8-16(19)10-12(17)3/h6-11,18,20H,4-5H2,1-3H3. The van der Waals surface area contributed by atoms with Gasteiger partial charge in [-0.1, -0.05) is 49.7 Å². The van der Waals surface area contributed by atoms with Gasteiger partial charge in [-0.3, -0.25) is 0 Å². The van der Waals surface area contributed by atoms with Crippen molar-refractivity contribution in [2.75, 3.05) is 0 Å². The molecule has 2 heteroatoms. The number of hydrogen-bond acceptors (Lipinski definition) is 1. The lowest BCUT2D eigenvalue weighted by molar-refractivity contribution is 0.219. The minimum atomic E-state index is -0.594. The predicted octanol–water partition coefficient (Wildman–Crippen LogP) is 4.85. The van der Waals surface area contributed by atoms with E-state index in [4.69, 9.17) is 11.6 Å². The van der Waals surface area contributed by atoms with Crippen molar-refractivity contribution >= 4 is 11.6 Å². The third-order valence-corrected chi connectivity index (χ3v) is 4.07. The molecule has 0 saturated heterocycles. The van der Waals surface area contributed by atoms with E-state index in [1.165, 1.54) is 11.1 Å². The fourth-order valence-electron chi connectivity index (χ4n) is 2.62. The van der Waals surface area contributed by atoms with E-state index in [9.17, 15) is 5.11 Å². The summed E-state index contributed by atoms with van der Waals surface area (Å²) in [4.78, 5) is 0. The number of rotatable bonds is 4. The van der Waals surface area contributed by atoms with E-state index in [0.717, 1.165) is 29.5 Å². The number of halogens is 1. The molecule has 0 aliphatic heterocycles. The fraction of sp³-hybridized carbons (Fsp3) is 0.333. The highest BCUT2D eigenvalue weighted by Crippen LogP contribution is 2.28. The summed E-state index contributed by atoms with van der Waals surface area (Å²) < 4.78 is 0. The van der Waals surface area contributed by atoms with Crippen molar-refractivity contribution in [2.24, 2.45) is 0 Å². The topological polar surface area (TPSA) is 20.2 Å². The highest BCUT2D eigenvalue weighted by atomic mass is 35.5. The average molecular weight is 289 g/mol. The molecule has 106 valence electrons. The van der Waals surface area contributed by atoms with Gasteiger partial charge < -0.3 is 5.11 Å². The van der Waals surface area contributed by atoms with Crippen LogP contribution in [0.3, 0.4) is 0 Å². The SMILES string of the molecule is CCc1ccc(C(O)c2ccc(Cl)cc2C)cc1CC. The molecule has 2 aromatic carbocycles. The molecule has 20 heavy (non-hydrogen) atoms. The van der Waals surface area contributed by atoms with Crippen LogP contribution in [0.25, 0.3) is 0 Å². The van der Waals surface area contributed by atoms with Crippen molar-refractivity contribution < 1.29 is 5.11 Å². The zero-order chi connectivity index (χ0) is 14.7. The summed E-state index contributed by atoms with van der Waals surface area (Å²) in [5.41, 5.74) is 5.56. The summed E-state index contributed by atoms with van der Waals surface area (Å²) in [6, 6.07) is 11.9. The molecule has 2 aromatic rings. The van der Waals surface area contributed by atoms with Crippen molar-refractivity contribution in [2.45, 2.75) is 39.7 Å². The number of hydrogen-bond donors (Lipinski definition) is 1. The van der Waals surface area contributed by atoms with Gasteiger partial charge in [-0.05, 0) is 59.7 Å². The summed E-state index contributed by atoms with van der Waals surface area (Å²) in [5, 5.41) is 11.3. The average Bonchev–Trinajstić information content (AvgIpc) is 2.45. The number of aliphatic hydroxyl groups excluding tert-OH is 1. The van der Waals surface area contributed by atoms with Crippen LogP contribution in [0.2, 0.25) is 5.02 Å². The monoisotopic (exact) mass is 288 g/mol. The maximum atomic E-state index is 10.6. The maximum Gasteiger partial charge on any atom is 0.104 e. The lowest BCUT2D eigenvalue weighted by atomic mass is 9.93. The van der Waals surface area contributed by atoms with E-state index in [1.54, 1.807) is 0 Å². The van der Waals surface area contributed by atoms with Gasteiger partial charge in [-0.2, -0.15) is 0 Å². The van der Waals surface area contributed by atoms with Crippen LogP contribution in [0.5, 0.6) is 0 Å². The van der Waals surface area contributed by atoms with Gasteiger partial charge >= 0.3 is 0 Å². The Morgan fingerprint density at radius 1 is 1.00 bits per heavy atom. The Labute approximate surface area is 126 Å². The van der Waals surface area contributed by atoms with E-state index in [1.807, 2.05) is 31.2 Å². The third-order valence-electron chi connectivity index (χ3n) is 3.83. The van der Waals surface area contributed by atoms with E-state index >= 15 is 0 Å². The molecule has 0 radical (unpaired) electrons. The Morgan fingerprint density at radius 2 is 1.70 bits per heavy atom. The molecular weight excluding hydrogens is 268 g/mol. The van der Waals surface area contributed by atoms with Gasteiger partial charge in [0.25, 0.3) is 0 Å². The lowest BCUT2D eigenvalue weighted by Crippen LogP contribution is -2.04. The van der Waals surface area contributed by atoms with Gasteiger partial charge in [0.15, 0.2) is 0 Å². The molecule has 0 spiro atoms. The van der Waals surface area contributed by atoms with Crippen molar-refractivity contribution in [3.05, 3.63) is 69.2 Å². The summed E-state index contributed by atoms with van der Waals surface area (Å²) in [6.45, 7) is 6.29. The van der Waals surface area contributed by atoms with E-state index in [2.05, 4.69) is 26.0 Å². The first-order chi connectivity index (χ1) is 9.56. The van der Waals surface area contributed by atoms with Gasteiger partial charge in [-0.15, -0.1) is 0 Å². The molecule has 0 aromatic heterocycles. The van der Waals surface area contributed by atoms with Gasteiger partial charge in [0.1, 0.15) is 6.10 Å². The summed E-state index contributed by atoms with van der Waals surface area (Å²) in [7, 11) is 0. The van der Waals surface area contributed by atoms with Gasteiger partial charge in [0, 0.05) is 5.02 Å². The Kier molecular flexibility index (Phi) is 4.85. The highest BCUT2D eigenvalue weighted by molar-refractivity contribution is 6.30. The third kappa shape index (κ3) is 3.05. The molecule has 1 unspecified atom stereocenters. The Bertz CT molecular complexity index is 604. The van der Waals surface area contributed by atoms with Crippen LogP contribution in [0, 0.1) is 6.92 Å². The van der Waals surface area contributed by atoms with Crippen LogP contribution >= 0.6 is 11.6 Å². The molecule has 1 atom stereocenters. The van der Waals surface area contributed by atoms with E-state index in [0.29, 0.717) is 5.02 Å². The number of aryl methyl sites for hydroxylation is 3. The Balaban J connectivity index is 2.40. The first kappa shape index (κ1) is 15.1. The second kappa shape index (κ2) is 6.43. The quantitative estimate of drug-likeness (QED) is 0.852. The molecule has 0 bridgehead atoms. The summed E-state index contributed by atoms with van der Waals surface area (Å²) in [5.74, 6) is 0. The molecule has 0 fully saturated rings. The first-order valence-electron chi connectivity index (χ1n) is 7.12. The van der Waals surface area contributed by atoms with Crippen molar-refractivity contribution in [1.82, 2.24) is 0 Å². The molecule has 0 amide bonds.